The number of nitrogens with one attached hydrogen (secondary N) is 1. The number of hydrazone groups is 1. The summed E-state index contributed by atoms with van der Waals surface area (Å²) in [6.07, 6.45) is 1.42. The molecule has 1 aromatic heterocycles. The molecule has 132 valence electrons. The Kier molecular flexibility index (Phi) is 4.93. The fourth-order valence-electron chi connectivity index (χ4n) is 2.27. The van der Waals surface area contributed by atoms with Crippen molar-refractivity contribution in [2.45, 2.75) is 6.92 Å². The Labute approximate surface area is 148 Å². The second-order valence-electron chi connectivity index (χ2n) is 5.43. The number of aromatic hydroxyl groups is 1. The molecule has 0 saturated heterocycles. The molecule has 2 N–H and O–H groups in total. The van der Waals surface area contributed by atoms with Gasteiger partial charge in [-0.2, -0.15) is 5.10 Å². The van der Waals surface area contributed by atoms with Crippen LogP contribution >= 0.6 is 0 Å². The molecule has 0 unspecified atom stereocenters. The van der Waals surface area contributed by atoms with Crippen LogP contribution in [0.2, 0.25) is 0 Å². The molecule has 1 heterocycles. The van der Waals surface area contributed by atoms with Crippen LogP contribution in [0, 0.1) is 6.92 Å². The summed E-state index contributed by atoms with van der Waals surface area (Å²) in [6, 6.07) is 13.2. The monoisotopic (exact) mass is 352 g/mol. The number of rotatable bonds is 5. The van der Waals surface area contributed by atoms with Gasteiger partial charge in [0.1, 0.15) is 11.6 Å². The van der Waals surface area contributed by atoms with Gasteiger partial charge >= 0.3 is 0 Å². The Morgan fingerprint density at radius 2 is 2.00 bits per heavy atom. The Morgan fingerprint density at radius 1 is 1.27 bits per heavy atom. The average Bonchev–Trinajstić information content (AvgIpc) is 2.63. The molecule has 1 amide bonds. The standard InChI is InChI=1S/C18H16N4O4/c1-12-20-16-5-3-2-4-15(16)18(25)22(12)26-11-17(24)21-19-10-13-6-8-14(23)9-7-13/h2-10,23H,11H2,1H3,(H,21,24)/b19-10+. The van der Waals surface area contributed by atoms with E-state index in [2.05, 4.69) is 15.5 Å². The molecule has 26 heavy (non-hydrogen) atoms. The Balaban J connectivity index is 1.63. The van der Waals surface area contributed by atoms with Gasteiger partial charge in [0.2, 0.25) is 0 Å². The summed E-state index contributed by atoms with van der Waals surface area (Å²) in [5.41, 5.74) is 3.19. The minimum Gasteiger partial charge on any atom is -0.508 e. The van der Waals surface area contributed by atoms with E-state index in [-0.39, 0.29) is 11.3 Å². The molecule has 0 radical (unpaired) electrons. The van der Waals surface area contributed by atoms with Crippen molar-refractivity contribution in [2.24, 2.45) is 5.10 Å². The van der Waals surface area contributed by atoms with E-state index in [9.17, 15) is 14.7 Å². The lowest BCUT2D eigenvalue weighted by atomic mass is 10.2. The number of nitrogens with zero attached hydrogens (tertiary/aromatic N) is 3. The lowest BCUT2D eigenvalue weighted by Gasteiger charge is -2.11. The molecule has 8 nitrogen and oxygen atoms in total. The highest BCUT2D eigenvalue weighted by molar-refractivity contribution is 5.83. The molecule has 8 heteroatoms. The number of aromatic nitrogens is 2. The first-order valence-electron chi connectivity index (χ1n) is 7.77. The predicted octanol–water partition coefficient (Wildman–Crippen LogP) is 0.989. The van der Waals surface area contributed by atoms with Crippen LogP contribution in [0.3, 0.4) is 0 Å². The number of phenolic OH excluding ortho intramolecular Hbond substituents is 1. The molecule has 3 rings (SSSR count). The number of aryl methyl sites for hydroxylation is 1. The summed E-state index contributed by atoms with van der Waals surface area (Å²) in [5.74, 6) is -0.0435. The molecule has 0 saturated carbocycles. The van der Waals surface area contributed by atoms with Crippen molar-refractivity contribution in [3.8, 4) is 5.75 Å². The summed E-state index contributed by atoms with van der Waals surface area (Å²) >= 11 is 0. The van der Waals surface area contributed by atoms with E-state index in [0.29, 0.717) is 22.3 Å². The lowest BCUT2D eigenvalue weighted by molar-refractivity contribution is -0.126. The summed E-state index contributed by atoms with van der Waals surface area (Å²) in [7, 11) is 0. The Bertz CT molecular complexity index is 1030. The maximum absolute atomic E-state index is 12.4. The highest BCUT2D eigenvalue weighted by atomic mass is 16.7. The first-order valence-corrected chi connectivity index (χ1v) is 7.77. The zero-order valence-corrected chi connectivity index (χ0v) is 13.9. The van der Waals surface area contributed by atoms with Gasteiger partial charge in [0, 0.05) is 0 Å². The highest BCUT2D eigenvalue weighted by Crippen LogP contribution is 2.08. The maximum Gasteiger partial charge on any atom is 0.294 e. The van der Waals surface area contributed by atoms with Crippen molar-refractivity contribution >= 4 is 23.0 Å². The number of phenols is 1. The molecule has 0 spiro atoms. The molecule has 3 aromatic rings. The number of carbonyl (C=O) groups excluding carboxylic acids is 1. The zero-order chi connectivity index (χ0) is 18.5. The van der Waals surface area contributed by atoms with Gasteiger partial charge in [-0.05, 0) is 48.9 Å². The third-order valence-electron chi connectivity index (χ3n) is 3.52. The minimum absolute atomic E-state index is 0.143. The van der Waals surface area contributed by atoms with Gasteiger partial charge in [-0.25, -0.2) is 10.4 Å². The fourth-order valence-corrected chi connectivity index (χ4v) is 2.27. The summed E-state index contributed by atoms with van der Waals surface area (Å²) in [6.45, 7) is 1.22. The molecule has 0 bridgehead atoms. The molecule has 0 aliphatic heterocycles. The summed E-state index contributed by atoms with van der Waals surface area (Å²) in [4.78, 5) is 33.8. The van der Waals surface area contributed by atoms with Crippen LogP contribution in [-0.4, -0.2) is 33.5 Å². The largest absolute Gasteiger partial charge is 0.508 e. The number of para-hydroxylation sites is 1. The van der Waals surface area contributed by atoms with Crippen molar-refractivity contribution in [1.29, 1.82) is 0 Å². The van der Waals surface area contributed by atoms with Gasteiger partial charge in [0.25, 0.3) is 11.5 Å². The quantitative estimate of drug-likeness (QED) is 0.526. The number of hydrogen-bond acceptors (Lipinski definition) is 6. The Hall–Kier alpha value is -3.68. The second-order valence-corrected chi connectivity index (χ2v) is 5.43. The highest BCUT2D eigenvalue weighted by Gasteiger charge is 2.10. The normalized spacial score (nSPS) is 11.0. The van der Waals surface area contributed by atoms with Gasteiger partial charge in [-0.3, -0.25) is 9.59 Å². The number of amides is 1. The zero-order valence-electron chi connectivity index (χ0n) is 13.9. The van der Waals surface area contributed by atoms with Crippen LogP contribution in [0.25, 0.3) is 10.9 Å². The van der Waals surface area contributed by atoms with E-state index in [4.69, 9.17) is 4.84 Å². The fraction of sp³-hybridized carbons (Fsp3) is 0.111. The van der Waals surface area contributed by atoms with Gasteiger partial charge in [0.15, 0.2) is 6.61 Å². The molecule has 0 aliphatic carbocycles. The van der Waals surface area contributed by atoms with Crippen molar-refractivity contribution in [1.82, 2.24) is 15.1 Å². The molecule has 0 fully saturated rings. The van der Waals surface area contributed by atoms with E-state index in [0.717, 1.165) is 4.73 Å². The molecule has 0 atom stereocenters. The third kappa shape index (κ3) is 3.86. The first-order chi connectivity index (χ1) is 12.5. The molecular weight excluding hydrogens is 336 g/mol. The van der Waals surface area contributed by atoms with E-state index < -0.39 is 12.5 Å². The first kappa shape index (κ1) is 17.2. The number of carbonyl (C=O) groups is 1. The second kappa shape index (κ2) is 7.47. The van der Waals surface area contributed by atoms with E-state index >= 15 is 0 Å². The van der Waals surface area contributed by atoms with Gasteiger partial charge < -0.3 is 9.94 Å². The van der Waals surface area contributed by atoms with Crippen LogP contribution in [0.4, 0.5) is 0 Å². The van der Waals surface area contributed by atoms with Crippen LogP contribution in [0.1, 0.15) is 11.4 Å². The molecule has 0 aliphatic rings. The molecule has 2 aromatic carbocycles. The van der Waals surface area contributed by atoms with Crippen LogP contribution < -0.4 is 15.8 Å². The van der Waals surface area contributed by atoms with Gasteiger partial charge in [0.05, 0.1) is 17.1 Å². The van der Waals surface area contributed by atoms with E-state index in [1.807, 2.05) is 0 Å². The smallest absolute Gasteiger partial charge is 0.294 e. The van der Waals surface area contributed by atoms with Crippen LogP contribution in [-0.2, 0) is 4.79 Å². The van der Waals surface area contributed by atoms with Crippen molar-refractivity contribution < 1.29 is 14.7 Å². The SMILES string of the molecule is Cc1nc2ccccc2c(=O)n1OCC(=O)N/N=C/c1ccc(O)cc1. The van der Waals surface area contributed by atoms with Crippen molar-refractivity contribution in [3.05, 3.63) is 70.3 Å². The number of hydrogen-bond donors (Lipinski definition) is 2. The topological polar surface area (TPSA) is 106 Å². The summed E-state index contributed by atoms with van der Waals surface area (Å²) in [5, 5.41) is 13.4. The van der Waals surface area contributed by atoms with Crippen LogP contribution in [0.5, 0.6) is 5.75 Å². The van der Waals surface area contributed by atoms with Gasteiger partial charge in [-0.15, -0.1) is 4.73 Å². The molecular formula is C18H16N4O4. The third-order valence-corrected chi connectivity index (χ3v) is 3.52. The number of fused-ring (bicyclic) bond motifs is 1. The maximum atomic E-state index is 12.4. The van der Waals surface area contributed by atoms with Crippen molar-refractivity contribution in [2.75, 3.05) is 6.61 Å². The predicted molar refractivity (Wildman–Crippen MR) is 96.0 cm³/mol. The minimum atomic E-state index is -0.528. The van der Waals surface area contributed by atoms with E-state index in [1.54, 1.807) is 43.3 Å². The van der Waals surface area contributed by atoms with E-state index in [1.165, 1.54) is 18.3 Å². The average molecular weight is 352 g/mol. The Morgan fingerprint density at radius 3 is 2.77 bits per heavy atom. The summed E-state index contributed by atoms with van der Waals surface area (Å²) < 4.78 is 0.992. The lowest BCUT2D eigenvalue weighted by Crippen LogP contribution is -2.35. The number of benzene rings is 2. The van der Waals surface area contributed by atoms with Crippen LogP contribution in [0.15, 0.2) is 58.4 Å². The van der Waals surface area contributed by atoms with Crippen molar-refractivity contribution in [3.63, 3.8) is 0 Å². The van der Waals surface area contributed by atoms with Gasteiger partial charge in [-0.1, -0.05) is 12.1 Å².